The standard InChI is InChI=1S/C26H54NO7P/c1-6-7-8-9-10-11-12-13-14-15-16-17-18-19-21-31-23-26(34-25(2)28)24-33-35(29,30)32-22-20-27(3,4)5/h26H,6-24H2,1-5H3/t26-/m1/s1/i22+2. The molecule has 0 aromatic carbocycles. The molecule has 0 aliphatic heterocycles. The van der Waals surface area contributed by atoms with Crippen LogP contribution in [-0.4, -0.2) is 70.7 Å². The van der Waals surface area contributed by atoms with Crippen LogP contribution in [0.5, 0.6) is 0 Å². The number of ether oxygens (including phenoxy) is 2. The molecule has 0 aromatic heterocycles. The van der Waals surface area contributed by atoms with Crippen molar-refractivity contribution in [1.29, 1.82) is 0 Å². The summed E-state index contributed by atoms with van der Waals surface area (Å²) in [6, 6.07) is 0. The maximum absolute atomic E-state index is 11.9. The van der Waals surface area contributed by atoms with Crippen molar-refractivity contribution in [2.45, 2.75) is 110 Å². The number of carbonyl (C=O) groups excluding carboxylic acids is 1. The number of quaternary nitrogens is 1. The average molecular weight is 526 g/mol. The van der Waals surface area contributed by atoms with Crippen LogP contribution in [0.15, 0.2) is 0 Å². The molecule has 0 N–H and O–H groups in total. The summed E-state index contributed by atoms with van der Waals surface area (Å²) >= 11 is 0. The van der Waals surface area contributed by atoms with Crippen molar-refractivity contribution in [2.24, 2.45) is 0 Å². The van der Waals surface area contributed by atoms with Crippen molar-refractivity contribution < 1.29 is 37.3 Å². The van der Waals surface area contributed by atoms with E-state index in [1.165, 1.54) is 84.0 Å². The van der Waals surface area contributed by atoms with E-state index in [-0.39, 0.29) is 19.8 Å². The summed E-state index contributed by atoms with van der Waals surface area (Å²) in [5.74, 6) is -0.509. The SMILES string of the molecule is CCCCCCCCCCCCCCCCOC[C@H](COP(=O)([O-])O[14CH2]C[N+](C)(C)C)OC(C)=O. The molecule has 0 heterocycles. The Balaban J connectivity index is 3.77. The summed E-state index contributed by atoms with van der Waals surface area (Å²) in [5, 5.41) is 0. The lowest BCUT2D eigenvalue weighted by Crippen LogP contribution is -2.37. The second-order valence-corrected chi connectivity index (χ2v) is 11.9. The van der Waals surface area contributed by atoms with Gasteiger partial charge in [0.25, 0.3) is 7.82 Å². The van der Waals surface area contributed by atoms with E-state index in [2.05, 4.69) is 6.92 Å². The number of phosphoric ester groups is 1. The first-order valence-electron chi connectivity index (χ1n) is 13.7. The highest BCUT2D eigenvalue weighted by Gasteiger charge is 2.19. The maximum atomic E-state index is 11.9. The van der Waals surface area contributed by atoms with E-state index in [1.807, 2.05) is 21.1 Å². The molecule has 0 fully saturated rings. The quantitative estimate of drug-likeness (QED) is 0.0660. The van der Waals surface area contributed by atoms with Crippen LogP contribution in [0.1, 0.15) is 104 Å². The molecule has 0 radical (unpaired) electrons. The van der Waals surface area contributed by atoms with Crippen LogP contribution in [0.4, 0.5) is 0 Å². The number of unbranched alkanes of at least 4 members (excludes halogenated alkanes) is 13. The monoisotopic (exact) mass is 525 g/mol. The highest BCUT2D eigenvalue weighted by Crippen LogP contribution is 2.38. The van der Waals surface area contributed by atoms with Gasteiger partial charge >= 0.3 is 5.97 Å². The van der Waals surface area contributed by atoms with Crippen LogP contribution in [0, 0.1) is 0 Å². The van der Waals surface area contributed by atoms with E-state index >= 15 is 0 Å². The molecule has 8 nitrogen and oxygen atoms in total. The Kier molecular flexibility index (Phi) is 21.3. The third-order valence-electron chi connectivity index (χ3n) is 5.71. The molecular formula is C26H54NO7P. The van der Waals surface area contributed by atoms with Gasteiger partial charge in [-0.25, -0.2) is 0 Å². The first kappa shape index (κ1) is 34.5. The van der Waals surface area contributed by atoms with Gasteiger partial charge in [-0.05, 0) is 6.42 Å². The molecule has 0 amide bonds. The van der Waals surface area contributed by atoms with Gasteiger partial charge in [-0.1, -0.05) is 90.4 Å². The van der Waals surface area contributed by atoms with Gasteiger partial charge in [-0.2, -0.15) is 0 Å². The van der Waals surface area contributed by atoms with Gasteiger partial charge in [-0.15, -0.1) is 0 Å². The topological polar surface area (TPSA) is 94.1 Å². The molecule has 0 saturated carbocycles. The molecule has 1 unspecified atom stereocenters. The Labute approximate surface area is 215 Å². The molecular weight excluding hydrogens is 471 g/mol. The van der Waals surface area contributed by atoms with Crippen molar-refractivity contribution in [1.82, 2.24) is 0 Å². The van der Waals surface area contributed by atoms with Gasteiger partial charge in [0.1, 0.15) is 19.3 Å². The molecule has 0 bridgehead atoms. The molecule has 2 atom stereocenters. The van der Waals surface area contributed by atoms with E-state index in [0.29, 0.717) is 17.6 Å². The van der Waals surface area contributed by atoms with Crippen molar-refractivity contribution in [2.75, 3.05) is 54.1 Å². The lowest BCUT2D eigenvalue weighted by molar-refractivity contribution is -0.870. The third-order valence-corrected chi connectivity index (χ3v) is 6.67. The molecule has 0 aliphatic rings. The molecule has 0 spiro atoms. The fourth-order valence-electron chi connectivity index (χ4n) is 3.60. The summed E-state index contributed by atoms with van der Waals surface area (Å²) in [4.78, 5) is 23.2. The number of carbonyl (C=O) groups is 1. The van der Waals surface area contributed by atoms with Crippen LogP contribution < -0.4 is 4.89 Å². The van der Waals surface area contributed by atoms with Crippen LogP contribution >= 0.6 is 7.82 Å². The molecule has 9 heteroatoms. The van der Waals surface area contributed by atoms with Crippen molar-refractivity contribution >= 4 is 13.8 Å². The first-order valence-corrected chi connectivity index (χ1v) is 15.2. The summed E-state index contributed by atoms with van der Waals surface area (Å²) in [7, 11) is 1.35. The average Bonchev–Trinajstić information content (AvgIpc) is 2.75. The molecule has 0 aliphatic carbocycles. The number of rotatable bonds is 25. The summed E-state index contributed by atoms with van der Waals surface area (Å²) in [5.41, 5.74) is 0. The third kappa shape index (κ3) is 26.4. The summed E-state index contributed by atoms with van der Waals surface area (Å²) in [6.45, 7) is 4.40. The Morgan fingerprint density at radius 1 is 0.857 bits per heavy atom. The predicted molar refractivity (Wildman–Crippen MR) is 139 cm³/mol. The van der Waals surface area contributed by atoms with Crippen molar-refractivity contribution in [3.05, 3.63) is 0 Å². The predicted octanol–water partition coefficient (Wildman–Crippen LogP) is 5.62. The summed E-state index contributed by atoms with van der Waals surface area (Å²) < 4.78 is 33.0. The van der Waals surface area contributed by atoms with E-state index in [0.717, 1.165) is 12.8 Å². The largest absolute Gasteiger partial charge is 0.756 e. The fraction of sp³-hybridized carbons (Fsp3) is 0.962. The molecule has 0 saturated heterocycles. The van der Waals surface area contributed by atoms with Gasteiger partial charge in [0.2, 0.25) is 0 Å². The molecule has 0 aromatic rings. The second kappa shape index (κ2) is 21.6. The zero-order valence-electron chi connectivity index (χ0n) is 23.3. The summed E-state index contributed by atoms with van der Waals surface area (Å²) in [6.07, 6.45) is 17.3. The smallest absolute Gasteiger partial charge is 0.303 e. The maximum Gasteiger partial charge on any atom is 0.303 e. The van der Waals surface area contributed by atoms with Gasteiger partial charge in [-0.3, -0.25) is 9.36 Å². The number of nitrogens with zero attached hydrogens (tertiary/aromatic N) is 1. The zero-order chi connectivity index (χ0) is 26.4. The number of esters is 1. The minimum Gasteiger partial charge on any atom is -0.756 e. The molecule has 0 rings (SSSR count). The normalized spacial score (nSPS) is 14.6. The van der Waals surface area contributed by atoms with Crippen molar-refractivity contribution in [3.8, 4) is 0 Å². The molecule has 35 heavy (non-hydrogen) atoms. The molecule has 210 valence electrons. The van der Waals surface area contributed by atoms with E-state index in [1.54, 1.807) is 0 Å². The van der Waals surface area contributed by atoms with Crippen LogP contribution in [0.2, 0.25) is 0 Å². The van der Waals surface area contributed by atoms with Crippen LogP contribution in [0.3, 0.4) is 0 Å². The van der Waals surface area contributed by atoms with E-state index in [9.17, 15) is 14.3 Å². The Morgan fingerprint density at radius 2 is 1.34 bits per heavy atom. The van der Waals surface area contributed by atoms with E-state index in [4.69, 9.17) is 18.5 Å². The Bertz CT molecular complexity index is 554. The fourth-order valence-corrected chi connectivity index (χ4v) is 4.33. The van der Waals surface area contributed by atoms with Gasteiger partial charge in [0, 0.05) is 13.5 Å². The van der Waals surface area contributed by atoms with Gasteiger partial charge in [0.15, 0.2) is 0 Å². The minimum atomic E-state index is -4.46. The minimum absolute atomic E-state index is 0.0259. The lowest BCUT2D eigenvalue weighted by atomic mass is 10.0. The highest BCUT2D eigenvalue weighted by molar-refractivity contribution is 7.45. The number of phosphoric acid groups is 1. The van der Waals surface area contributed by atoms with Gasteiger partial charge in [0.05, 0.1) is 34.4 Å². The Hall–Kier alpha value is -0.500. The second-order valence-electron chi connectivity index (χ2n) is 10.5. The van der Waals surface area contributed by atoms with Crippen LogP contribution in [0.25, 0.3) is 0 Å². The Morgan fingerprint density at radius 3 is 1.80 bits per heavy atom. The highest BCUT2D eigenvalue weighted by atomic mass is 31.2. The number of hydrogen-bond acceptors (Lipinski definition) is 7. The van der Waals surface area contributed by atoms with Crippen molar-refractivity contribution in [3.63, 3.8) is 0 Å². The van der Waals surface area contributed by atoms with Crippen LogP contribution in [-0.2, 0) is 27.9 Å². The first-order chi connectivity index (χ1) is 16.6. The van der Waals surface area contributed by atoms with E-state index < -0.39 is 19.9 Å². The number of likely N-dealkylation sites (N-methyl/N-ethyl adjacent to an activating group) is 1. The lowest BCUT2D eigenvalue weighted by Gasteiger charge is -2.28. The number of hydrogen-bond donors (Lipinski definition) is 0. The van der Waals surface area contributed by atoms with Gasteiger partial charge < -0.3 is 27.9 Å². The zero-order valence-corrected chi connectivity index (χ0v) is 24.2.